The number of amides is 3. The van der Waals surface area contributed by atoms with Crippen molar-refractivity contribution in [2.24, 2.45) is 0 Å². The van der Waals surface area contributed by atoms with E-state index in [0.29, 0.717) is 19.5 Å². The molecule has 2 heterocycles. The Morgan fingerprint density at radius 3 is 2.76 bits per heavy atom. The number of cyclic esters (lactones) is 1. The quantitative estimate of drug-likeness (QED) is 0.735. The summed E-state index contributed by atoms with van der Waals surface area (Å²) in [6.45, 7) is 2.28. The predicted octanol–water partition coefficient (Wildman–Crippen LogP) is 0.412. The number of para-hydroxylation sites is 1. The second-order valence-electron chi connectivity index (χ2n) is 4.73. The predicted molar refractivity (Wildman–Crippen MR) is 75.7 cm³/mol. The topological polar surface area (TPSA) is 96.5 Å². The Kier molecular flexibility index (Phi) is 4.76. The number of fused-ring (bicyclic) bond motifs is 1. The smallest absolute Gasteiger partial charge is 0.407 e. The summed E-state index contributed by atoms with van der Waals surface area (Å²) < 4.78 is 4.75. The van der Waals surface area contributed by atoms with Crippen LogP contribution in [-0.4, -0.2) is 37.1 Å². The molecule has 0 aromatic heterocycles. The minimum Gasteiger partial charge on any atom is -0.442 e. The highest BCUT2D eigenvalue weighted by Gasteiger charge is 2.21. The van der Waals surface area contributed by atoms with Gasteiger partial charge >= 0.3 is 6.09 Å². The van der Waals surface area contributed by atoms with Gasteiger partial charge in [-0.1, -0.05) is 18.2 Å². The zero-order valence-corrected chi connectivity index (χ0v) is 11.6. The molecule has 1 aromatic carbocycles. The van der Waals surface area contributed by atoms with E-state index in [9.17, 15) is 14.4 Å². The van der Waals surface area contributed by atoms with Crippen molar-refractivity contribution < 1.29 is 19.1 Å². The molecule has 0 aliphatic carbocycles. The lowest BCUT2D eigenvalue weighted by Gasteiger charge is -2.06. The fourth-order valence-corrected chi connectivity index (χ4v) is 1.97. The van der Waals surface area contributed by atoms with E-state index in [2.05, 4.69) is 16.0 Å². The van der Waals surface area contributed by atoms with Gasteiger partial charge in [0.05, 0.1) is 19.5 Å². The third kappa shape index (κ3) is 4.48. The molecular formula is C14H17N3O4. The molecule has 7 heteroatoms. The molecule has 1 saturated heterocycles. The highest BCUT2D eigenvalue weighted by Crippen LogP contribution is 2.20. The lowest BCUT2D eigenvalue weighted by atomic mass is 10.2. The summed E-state index contributed by atoms with van der Waals surface area (Å²) in [5, 5.41) is 7.79. The van der Waals surface area contributed by atoms with Gasteiger partial charge in [0, 0.05) is 12.6 Å². The molecule has 1 aromatic rings. The average molecular weight is 291 g/mol. The molecule has 1 atom stereocenters. The number of benzene rings is 1. The molecule has 2 aliphatic heterocycles. The molecule has 0 bridgehead atoms. The maximum Gasteiger partial charge on any atom is 0.407 e. The number of alkyl carbamates (subject to hydrolysis) is 1. The molecular weight excluding hydrogens is 274 g/mol. The van der Waals surface area contributed by atoms with Gasteiger partial charge in [-0.3, -0.25) is 9.59 Å². The van der Waals surface area contributed by atoms with E-state index in [0.717, 1.165) is 11.3 Å². The van der Waals surface area contributed by atoms with Crippen LogP contribution in [0.25, 0.3) is 0 Å². The zero-order chi connectivity index (χ0) is 15.2. The Balaban J connectivity index is 0.000000154. The standard InChI is InChI=1S/C8H7NO.C6H10N2O3/c10-8-5-6-3-1-2-4-7(6)9-8;1-4(9)7-2-5-3-8-6(10)11-5/h1-4H,5H2,(H,9,10);5H,2-3H2,1H3,(H,7,9)(H,8,10). The first-order chi connectivity index (χ1) is 10.0. The first-order valence-electron chi connectivity index (χ1n) is 6.61. The lowest BCUT2D eigenvalue weighted by Crippen LogP contribution is -2.32. The van der Waals surface area contributed by atoms with Gasteiger partial charge < -0.3 is 20.7 Å². The van der Waals surface area contributed by atoms with Crippen molar-refractivity contribution in [2.75, 3.05) is 18.4 Å². The Morgan fingerprint density at radius 2 is 2.14 bits per heavy atom. The third-order valence-corrected chi connectivity index (χ3v) is 2.97. The number of carbonyl (C=O) groups excluding carboxylic acids is 3. The van der Waals surface area contributed by atoms with Gasteiger partial charge in [-0.2, -0.15) is 0 Å². The second-order valence-corrected chi connectivity index (χ2v) is 4.73. The van der Waals surface area contributed by atoms with Crippen molar-refractivity contribution in [3.05, 3.63) is 29.8 Å². The molecule has 112 valence electrons. The van der Waals surface area contributed by atoms with Crippen LogP contribution < -0.4 is 16.0 Å². The number of hydrogen-bond acceptors (Lipinski definition) is 4. The normalized spacial score (nSPS) is 18.6. The van der Waals surface area contributed by atoms with Crippen molar-refractivity contribution in [1.82, 2.24) is 10.6 Å². The maximum atomic E-state index is 10.8. The maximum absolute atomic E-state index is 10.8. The van der Waals surface area contributed by atoms with E-state index in [1.54, 1.807) is 0 Å². The Morgan fingerprint density at radius 1 is 1.38 bits per heavy atom. The minimum atomic E-state index is -0.416. The molecule has 3 rings (SSSR count). The highest BCUT2D eigenvalue weighted by atomic mass is 16.6. The Hall–Kier alpha value is -2.57. The summed E-state index contributed by atoms with van der Waals surface area (Å²) >= 11 is 0. The molecule has 1 fully saturated rings. The summed E-state index contributed by atoms with van der Waals surface area (Å²) in [6.07, 6.45) is -0.0948. The molecule has 0 saturated carbocycles. The molecule has 3 N–H and O–H groups in total. The summed E-state index contributed by atoms with van der Waals surface area (Å²) in [4.78, 5) is 31.7. The number of hydrogen-bond donors (Lipinski definition) is 3. The van der Waals surface area contributed by atoms with E-state index >= 15 is 0 Å². The van der Waals surface area contributed by atoms with Gasteiger partial charge in [0.1, 0.15) is 6.10 Å². The molecule has 7 nitrogen and oxygen atoms in total. The summed E-state index contributed by atoms with van der Waals surface area (Å²) in [5.41, 5.74) is 2.07. The van der Waals surface area contributed by atoms with Crippen LogP contribution in [0.15, 0.2) is 24.3 Å². The molecule has 2 aliphatic rings. The molecule has 0 radical (unpaired) electrons. The van der Waals surface area contributed by atoms with Crippen molar-refractivity contribution in [3.8, 4) is 0 Å². The van der Waals surface area contributed by atoms with Crippen LogP contribution in [0, 0.1) is 0 Å². The van der Waals surface area contributed by atoms with Gasteiger partial charge in [-0.15, -0.1) is 0 Å². The summed E-state index contributed by atoms with van der Waals surface area (Å²) in [5.74, 6) is -0.0193. The Bertz CT molecular complexity index is 532. The fourth-order valence-electron chi connectivity index (χ4n) is 1.97. The number of carbonyl (C=O) groups is 3. The van der Waals surface area contributed by atoms with Crippen LogP contribution in [0.1, 0.15) is 12.5 Å². The fraction of sp³-hybridized carbons (Fsp3) is 0.357. The number of ether oxygens (including phenoxy) is 1. The second kappa shape index (κ2) is 6.74. The first-order valence-corrected chi connectivity index (χ1v) is 6.61. The van der Waals surface area contributed by atoms with E-state index < -0.39 is 6.09 Å². The van der Waals surface area contributed by atoms with Crippen molar-refractivity contribution in [1.29, 1.82) is 0 Å². The zero-order valence-electron chi connectivity index (χ0n) is 11.6. The number of rotatable bonds is 2. The van der Waals surface area contributed by atoms with Crippen LogP contribution >= 0.6 is 0 Å². The van der Waals surface area contributed by atoms with E-state index in [1.165, 1.54) is 6.92 Å². The van der Waals surface area contributed by atoms with Gasteiger partial charge in [-0.05, 0) is 11.6 Å². The Labute approximate surface area is 122 Å². The monoisotopic (exact) mass is 291 g/mol. The molecule has 3 amide bonds. The van der Waals surface area contributed by atoms with E-state index in [-0.39, 0.29) is 17.9 Å². The molecule has 0 spiro atoms. The van der Waals surface area contributed by atoms with Crippen molar-refractivity contribution in [3.63, 3.8) is 0 Å². The van der Waals surface area contributed by atoms with Crippen LogP contribution in [0.5, 0.6) is 0 Å². The SMILES string of the molecule is CC(=O)NCC1CNC(=O)O1.O=C1Cc2ccccc2N1. The lowest BCUT2D eigenvalue weighted by molar-refractivity contribution is -0.119. The van der Waals surface area contributed by atoms with Crippen LogP contribution in [-0.2, 0) is 20.7 Å². The van der Waals surface area contributed by atoms with Gasteiger partial charge in [0.15, 0.2) is 0 Å². The average Bonchev–Trinajstić information content (AvgIpc) is 3.01. The van der Waals surface area contributed by atoms with Gasteiger partial charge in [-0.25, -0.2) is 4.79 Å². The van der Waals surface area contributed by atoms with Crippen LogP contribution in [0.4, 0.5) is 10.5 Å². The van der Waals surface area contributed by atoms with Gasteiger partial charge in [0.25, 0.3) is 0 Å². The highest BCUT2D eigenvalue weighted by molar-refractivity contribution is 5.98. The van der Waals surface area contributed by atoms with Crippen molar-refractivity contribution >= 4 is 23.6 Å². The largest absolute Gasteiger partial charge is 0.442 e. The summed E-state index contributed by atoms with van der Waals surface area (Å²) in [6, 6.07) is 7.75. The number of nitrogens with one attached hydrogen (secondary N) is 3. The first kappa shape index (κ1) is 14.8. The van der Waals surface area contributed by atoms with Gasteiger partial charge in [0.2, 0.25) is 11.8 Å². The van der Waals surface area contributed by atoms with E-state index in [1.807, 2.05) is 24.3 Å². The molecule has 1 unspecified atom stereocenters. The third-order valence-electron chi connectivity index (χ3n) is 2.97. The van der Waals surface area contributed by atoms with Crippen LogP contribution in [0.3, 0.4) is 0 Å². The van der Waals surface area contributed by atoms with Crippen molar-refractivity contribution in [2.45, 2.75) is 19.4 Å². The minimum absolute atomic E-state index is 0.0983. The number of anilines is 1. The van der Waals surface area contributed by atoms with Crippen LogP contribution in [0.2, 0.25) is 0 Å². The van der Waals surface area contributed by atoms with E-state index in [4.69, 9.17) is 4.74 Å². The summed E-state index contributed by atoms with van der Waals surface area (Å²) in [7, 11) is 0. The molecule has 21 heavy (non-hydrogen) atoms.